The van der Waals surface area contributed by atoms with E-state index in [-0.39, 0.29) is 28.8 Å². The lowest BCUT2D eigenvalue weighted by molar-refractivity contribution is 0.0696. The molecule has 10 nitrogen and oxygen atoms in total. The van der Waals surface area contributed by atoms with Gasteiger partial charge in [-0.3, -0.25) is 24.2 Å². The van der Waals surface area contributed by atoms with Crippen LogP contribution in [0.2, 0.25) is 0 Å². The fraction of sp³-hybridized carbons (Fsp3) is 0.344. The molecule has 42 heavy (non-hydrogen) atoms. The molecule has 0 atom stereocenters. The van der Waals surface area contributed by atoms with Crippen LogP contribution in [0.15, 0.2) is 54.7 Å². The van der Waals surface area contributed by atoms with Crippen molar-refractivity contribution in [1.82, 2.24) is 15.6 Å². The second-order valence-electron chi connectivity index (χ2n) is 11.3. The van der Waals surface area contributed by atoms with Gasteiger partial charge < -0.3 is 26.0 Å². The molecule has 2 aromatic carbocycles. The average molecular weight is 572 g/mol. The van der Waals surface area contributed by atoms with Crippen molar-refractivity contribution >= 4 is 35.0 Å². The summed E-state index contributed by atoms with van der Waals surface area (Å²) >= 11 is 0. The maximum Gasteiger partial charge on any atom is 0.257 e. The Balaban J connectivity index is 1.46. The van der Waals surface area contributed by atoms with Gasteiger partial charge >= 0.3 is 0 Å². The van der Waals surface area contributed by atoms with Crippen LogP contribution in [0.3, 0.4) is 0 Å². The maximum atomic E-state index is 13.2. The second kappa shape index (κ2) is 12.9. The fourth-order valence-electron chi connectivity index (χ4n) is 4.52. The van der Waals surface area contributed by atoms with Gasteiger partial charge in [0, 0.05) is 48.7 Å². The van der Waals surface area contributed by atoms with Gasteiger partial charge in [0.2, 0.25) is 0 Å². The Morgan fingerprint density at radius 1 is 0.786 bits per heavy atom. The highest BCUT2D eigenvalue weighted by Crippen LogP contribution is 2.26. The van der Waals surface area contributed by atoms with Crippen LogP contribution in [-0.2, 0) is 10.2 Å². The van der Waals surface area contributed by atoms with Crippen LogP contribution >= 0.6 is 0 Å². The molecule has 4 N–H and O–H groups in total. The number of pyridine rings is 1. The molecule has 1 saturated heterocycles. The van der Waals surface area contributed by atoms with Crippen LogP contribution in [-0.4, -0.2) is 54.9 Å². The Hall–Kier alpha value is -4.57. The largest absolute Gasteiger partial charge is 0.381 e. The van der Waals surface area contributed by atoms with Gasteiger partial charge in [-0.1, -0.05) is 20.8 Å². The summed E-state index contributed by atoms with van der Waals surface area (Å²) in [4.78, 5) is 55.6. The molecule has 2 heterocycles. The molecule has 1 aliphatic heterocycles. The zero-order valence-electron chi connectivity index (χ0n) is 24.6. The summed E-state index contributed by atoms with van der Waals surface area (Å²) in [7, 11) is 1.54. The van der Waals surface area contributed by atoms with Gasteiger partial charge in [-0.25, -0.2) is 0 Å². The minimum Gasteiger partial charge on any atom is -0.381 e. The lowest BCUT2D eigenvalue weighted by Gasteiger charge is -2.23. The fourth-order valence-corrected chi connectivity index (χ4v) is 4.52. The predicted molar refractivity (Wildman–Crippen MR) is 161 cm³/mol. The van der Waals surface area contributed by atoms with Crippen molar-refractivity contribution in [1.29, 1.82) is 0 Å². The van der Waals surface area contributed by atoms with E-state index in [1.807, 2.05) is 20.8 Å². The van der Waals surface area contributed by atoms with Crippen molar-refractivity contribution in [2.24, 2.45) is 0 Å². The third-order valence-corrected chi connectivity index (χ3v) is 7.10. The van der Waals surface area contributed by atoms with Gasteiger partial charge in [0.25, 0.3) is 23.6 Å². The number of hydrogen-bond donors (Lipinski definition) is 4. The topological polar surface area (TPSA) is 139 Å². The number of rotatable bonds is 7. The lowest BCUT2D eigenvalue weighted by atomic mass is 9.85. The summed E-state index contributed by atoms with van der Waals surface area (Å²) in [6, 6.07) is 13.4. The van der Waals surface area contributed by atoms with Crippen molar-refractivity contribution in [3.8, 4) is 0 Å². The standard InChI is InChI=1S/C32H37N5O5/c1-19-27(31(41)36-24-8-6-20(7-9-24)29(39)35-25-10-12-42-13-11-25)17-26(18-34-19)37-30(40)22-14-21(28(38)33-5)15-23(16-22)32(2,3)4/h6-9,14-18,25H,10-13H2,1-5H3,(H,33,38)(H,35,39)(H,36,41)(H,37,40). The maximum absolute atomic E-state index is 13.2. The van der Waals surface area contributed by atoms with Crippen molar-refractivity contribution < 1.29 is 23.9 Å². The Kier molecular flexibility index (Phi) is 9.37. The van der Waals surface area contributed by atoms with Crippen LogP contribution in [0.5, 0.6) is 0 Å². The Bertz CT molecular complexity index is 1490. The number of anilines is 2. The molecule has 0 unspecified atom stereocenters. The second-order valence-corrected chi connectivity index (χ2v) is 11.3. The van der Waals surface area contributed by atoms with Crippen LogP contribution in [0.4, 0.5) is 11.4 Å². The van der Waals surface area contributed by atoms with Crippen molar-refractivity contribution in [3.05, 3.63) is 88.2 Å². The summed E-state index contributed by atoms with van der Waals surface area (Å²) in [6.45, 7) is 8.98. The molecule has 3 aromatic rings. The molecule has 0 spiro atoms. The number of benzene rings is 2. The van der Waals surface area contributed by atoms with Gasteiger partial charge in [0.1, 0.15) is 0 Å². The van der Waals surface area contributed by atoms with Gasteiger partial charge in [-0.05, 0) is 79.3 Å². The van der Waals surface area contributed by atoms with E-state index >= 15 is 0 Å². The Morgan fingerprint density at radius 2 is 1.40 bits per heavy atom. The first kappa shape index (κ1) is 30.4. The number of hydrogen-bond acceptors (Lipinski definition) is 6. The van der Waals surface area contributed by atoms with E-state index in [0.717, 1.165) is 18.4 Å². The molecule has 1 aliphatic rings. The number of carbonyl (C=O) groups is 4. The number of ether oxygens (including phenoxy) is 1. The monoisotopic (exact) mass is 571 g/mol. The molecule has 4 amide bonds. The number of carbonyl (C=O) groups excluding carboxylic acids is 4. The smallest absolute Gasteiger partial charge is 0.257 e. The minimum atomic E-state index is -0.433. The molecule has 4 rings (SSSR count). The van der Waals surface area contributed by atoms with E-state index in [2.05, 4.69) is 26.3 Å². The highest BCUT2D eigenvalue weighted by molar-refractivity contribution is 6.09. The third-order valence-electron chi connectivity index (χ3n) is 7.10. The number of amides is 4. The SMILES string of the molecule is CNC(=O)c1cc(C(=O)Nc2cnc(C)c(C(=O)Nc3ccc(C(=O)NC4CCOCC4)cc3)c2)cc(C(C)(C)C)c1. The van der Waals surface area contributed by atoms with Crippen LogP contribution < -0.4 is 21.3 Å². The molecule has 1 fully saturated rings. The summed E-state index contributed by atoms with van der Waals surface area (Å²) in [5.41, 5.74) is 3.34. The van der Waals surface area contributed by atoms with Crippen molar-refractivity contribution in [2.75, 3.05) is 30.9 Å². The normalized spacial score (nSPS) is 13.6. The quantitative estimate of drug-likeness (QED) is 0.330. The number of aryl methyl sites for hydroxylation is 1. The highest BCUT2D eigenvalue weighted by atomic mass is 16.5. The van der Waals surface area contributed by atoms with E-state index in [1.165, 1.54) is 19.3 Å². The Morgan fingerprint density at radius 3 is 2.02 bits per heavy atom. The average Bonchev–Trinajstić information content (AvgIpc) is 2.97. The molecule has 10 heteroatoms. The van der Waals surface area contributed by atoms with Gasteiger partial charge in [0.05, 0.1) is 23.1 Å². The molecule has 220 valence electrons. The van der Waals surface area contributed by atoms with E-state index in [0.29, 0.717) is 47.0 Å². The van der Waals surface area contributed by atoms with E-state index < -0.39 is 11.8 Å². The van der Waals surface area contributed by atoms with Crippen molar-refractivity contribution in [2.45, 2.75) is 52.0 Å². The molecule has 0 radical (unpaired) electrons. The molecule has 1 aromatic heterocycles. The molecule has 0 saturated carbocycles. The number of aromatic nitrogens is 1. The van der Waals surface area contributed by atoms with Gasteiger partial charge in [0.15, 0.2) is 0 Å². The molecular weight excluding hydrogens is 534 g/mol. The third kappa shape index (κ3) is 7.58. The number of nitrogens with one attached hydrogen (secondary N) is 4. The first-order valence-electron chi connectivity index (χ1n) is 13.9. The zero-order valence-corrected chi connectivity index (χ0v) is 24.6. The zero-order chi connectivity index (χ0) is 30.4. The summed E-state index contributed by atoms with van der Waals surface area (Å²) < 4.78 is 5.33. The van der Waals surface area contributed by atoms with Gasteiger partial charge in [-0.2, -0.15) is 0 Å². The number of nitrogens with zero attached hydrogens (tertiary/aromatic N) is 1. The van der Waals surface area contributed by atoms with Crippen LogP contribution in [0.25, 0.3) is 0 Å². The van der Waals surface area contributed by atoms with E-state index in [1.54, 1.807) is 49.4 Å². The minimum absolute atomic E-state index is 0.0918. The van der Waals surface area contributed by atoms with Crippen LogP contribution in [0, 0.1) is 6.92 Å². The summed E-state index contributed by atoms with van der Waals surface area (Å²) in [5, 5.41) is 11.2. The lowest BCUT2D eigenvalue weighted by Crippen LogP contribution is -2.38. The van der Waals surface area contributed by atoms with E-state index in [4.69, 9.17) is 4.74 Å². The highest BCUT2D eigenvalue weighted by Gasteiger charge is 2.21. The first-order chi connectivity index (χ1) is 19.9. The Labute approximate surface area is 245 Å². The molecular formula is C32H37N5O5. The predicted octanol–water partition coefficient (Wildman–Crippen LogP) is 4.46. The summed E-state index contributed by atoms with van der Waals surface area (Å²) in [5.74, 6) is -1.30. The van der Waals surface area contributed by atoms with Gasteiger partial charge in [-0.15, -0.1) is 0 Å². The molecule has 0 bridgehead atoms. The van der Waals surface area contributed by atoms with Crippen molar-refractivity contribution in [3.63, 3.8) is 0 Å². The van der Waals surface area contributed by atoms with E-state index in [9.17, 15) is 19.2 Å². The van der Waals surface area contributed by atoms with Crippen LogP contribution in [0.1, 0.15) is 86.3 Å². The summed E-state index contributed by atoms with van der Waals surface area (Å²) in [6.07, 6.45) is 3.05. The first-order valence-corrected chi connectivity index (χ1v) is 13.9. The molecule has 0 aliphatic carbocycles.